The van der Waals surface area contributed by atoms with Crippen molar-refractivity contribution in [3.05, 3.63) is 28.1 Å². The van der Waals surface area contributed by atoms with Gasteiger partial charge in [0.1, 0.15) is 0 Å². The Balaban J connectivity index is 1.31. The smallest absolute Gasteiger partial charge is 0.318 e. The van der Waals surface area contributed by atoms with E-state index < -0.39 is 0 Å². The predicted molar refractivity (Wildman–Crippen MR) is 119 cm³/mol. The first kappa shape index (κ1) is 19.9. The van der Waals surface area contributed by atoms with Gasteiger partial charge in [0.2, 0.25) is 0 Å². The lowest BCUT2D eigenvalue weighted by Gasteiger charge is -2.53. The third-order valence-corrected chi connectivity index (χ3v) is 7.03. The number of carbonyl (C=O) groups excluding carboxylic acids is 1. The minimum atomic E-state index is -0.286. The maximum atomic E-state index is 13.3. The zero-order valence-electron chi connectivity index (χ0n) is 16.2. The molecule has 4 aliphatic rings. The van der Waals surface area contributed by atoms with E-state index >= 15 is 0 Å². The van der Waals surface area contributed by atoms with Gasteiger partial charge in [-0.1, -0.05) is 34.0 Å². The molecule has 5 heterocycles. The van der Waals surface area contributed by atoms with Crippen LogP contribution in [0.4, 0.5) is 4.79 Å². The van der Waals surface area contributed by atoms with Gasteiger partial charge in [-0.15, -0.1) is 4.80 Å². The lowest BCUT2D eigenvalue weighted by Crippen LogP contribution is -2.68. The van der Waals surface area contributed by atoms with Gasteiger partial charge in [0.05, 0.1) is 35.6 Å². The summed E-state index contributed by atoms with van der Waals surface area (Å²) in [4.78, 5) is 27.8. The Morgan fingerprint density at radius 1 is 1.23 bits per heavy atom. The molecule has 2 saturated heterocycles. The van der Waals surface area contributed by atoms with E-state index in [-0.39, 0.29) is 24.2 Å². The van der Waals surface area contributed by atoms with Crippen LogP contribution in [-0.2, 0) is 0 Å². The molecule has 0 radical (unpaired) electrons. The summed E-state index contributed by atoms with van der Waals surface area (Å²) in [6.45, 7) is 1.74. The number of aliphatic imine (C=N–C) groups is 2. The lowest BCUT2D eigenvalue weighted by atomic mass is 9.90. The number of nitrogens with one attached hydrogen (secondary N) is 1. The van der Waals surface area contributed by atoms with E-state index in [0.717, 1.165) is 17.4 Å². The van der Waals surface area contributed by atoms with Gasteiger partial charge in [-0.25, -0.2) is 9.79 Å². The van der Waals surface area contributed by atoms with Crippen molar-refractivity contribution >= 4 is 51.8 Å². The van der Waals surface area contributed by atoms with E-state index in [1.807, 2.05) is 17.3 Å². The highest BCUT2D eigenvalue weighted by Crippen LogP contribution is 2.35. The molecule has 0 saturated carbocycles. The van der Waals surface area contributed by atoms with E-state index in [0.29, 0.717) is 29.9 Å². The quantitative estimate of drug-likeness (QED) is 0.685. The number of hydrogen-bond donors (Lipinski definition) is 1. The Morgan fingerprint density at radius 2 is 2.07 bits per heavy atom. The lowest BCUT2D eigenvalue weighted by molar-refractivity contribution is 0.0178. The van der Waals surface area contributed by atoms with Crippen LogP contribution in [0, 0.1) is 0 Å². The molecule has 0 spiro atoms. The molecule has 0 aliphatic carbocycles. The number of urea groups is 1. The van der Waals surface area contributed by atoms with Gasteiger partial charge in [-0.3, -0.25) is 9.89 Å². The summed E-state index contributed by atoms with van der Waals surface area (Å²) in [5, 5.41) is 11.7. The zero-order valence-corrected chi connectivity index (χ0v) is 18.6. The zero-order chi connectivity index (χ0) is 20.7. The summed E-state index contributed by atoms with van der Waals surface area (Å²) in [7, 11) is 0. The predicted octanol–water partition coefficient (Wildman–Crippen LogP) is 2.42. The van der Waals surface area contributed by atoms with E-state index in [1.54, 1.807) is 18.6 Å². The monoisotopic (exact) mass is 492 g/mol. The molecule has 1 N–H and O–H groups in total. The van der Waals surface area contributed by atoms with Crippen LogP contribution in [-0.4, -0.2) is 80.5 Å². The Morgan fingerprint density at radius 3 is 2.87 bits per heavy atom. The Bertz CT molecular complexity index is 942. The molecule has 9 nitrogen and oxygen atoms in total. The maximum Gasteiger partial charge on any atom is 0.318 e. The summed E-state index contributed by atoms with van der Waals surface area (Å²) >= 11 is 10.1. The van der Waals surface area contributed by atoms with Crippen LogP contribution in [0.2, 0.25) is 0 Å². The Labute approximate surface area is 187 Å². The first-order valence-electron chi connectivity index (χ1n) is 10.1. The fraction of sp³-hybridized carbons (Fsp3) is 0.526. The van der Waals surface area contributed by atoms with Crippen molar-refractivity contribution in [2.45, 2.75) is 49.9 Å². The van der Waals surface area contributed by atoms with Gasteiger partial charge in [0, 0.05) is 42.1 Å². The number of rotatable bonds is 2. The summed E-state index contributed by atoms with van der Waals surface area (Å²) in [5.41, 5.74) is 0. The molecule has 4 atom stereocenters. The van der Waals surface area contributed by atoms with E-state index in [9.17, 15) is 4.79 Å². The molecule has 2 fully saturated rings. The second-order valence-corrected chi connectivity index (χ2v) is 9.24. The molecular weight excluding hydrogens is 472 g/mol. The van der Waals surface area contributed by atoms with Gasteiger partial charge in [-0.05, 0) is 19.4 Å². The van der Waals surface area contributed by atoms with Gasteiger partial charge >= 0.3 is 6.03 Å². The fourth-order valence-electron chi connectivity index (χ4n) is 4.66. The van der Waals surface area contributed by atoms with Crippen LogP contribution in [0.5, 0.6) is 0 Å². The van der Waals surface area contributed by atoms with Crippen molar-refractivity contribution in [1.82, 2.24) is 30.1 Å². The van der Waals surface area contributed by atoms with Crippen molar-refractivity contribution in [1.29, 1.82) is 0 Å². The van der Waals surface area contributed by atoms with Crippen LogP contribution in [0.3, 0.4) is 0 Å². The Hall–Kier alpha value is -2.04. The molecule has 4 aliphatic heterocycles. The number of carbonyl (C=O) groups is 1. The first-order valence-corrected chi connectivity index (χ1v) is 11.3. The molecule has 11 heteroatoms. The van der Waals surface area contributed by atoms with E-state index in [1.165, 1.54) is 17.6 Å². The number of fused-ring (bicyclic) bond motifs is 3. The summed E-state index contributed by atoms with van der Waals surface area (Å²) in [6, 6.07) is -0.0290. The van der Waals surface area contributed by atoms with Crippen LogP contribution in [0.15, 0.2) is 38.1 Å². The molecule has 1 aromatic heterocycles. The fourth-order valence-corrected chi connectivity index (χ4v) is 5.61. The Kier molecular flexibility index (Phi) is 5.46. The third-order valence-electron chi connectivity index (χ3n) is 6.04. The molecule has 1 aromatic rings. The number of nitrogens with zero attached hydrogens (tertiary/aromatic N) is 7. The molecule has 0 bridgehead atoms. The number of piperidine rings is 1. The number of aromatic nitrogens is 3. The average Bonchev–Trinajstić information content (AvgIpc) is 3.28. The van der Waals surface area contributed by atoms with E-state index in [4.69, 9.17) is 11.6 Å². The third kappa shape index (κ3) is 3.61. The molecule has 158 valence electrons. The van der Waals surface area contributed by atoms with Gasteiger partial charge < -0.3 is 10.2 Å². The number of piperazine rings is 1. The van der Waals surface area contributed by atoms with Crippen molar-refractivity contribution < 1.29 is 4.79 Å². The largest absolute Gasteiger partial charge is 0.330 e. The topological polar surface area (TPSA) is 91.0 Å². The molecule has 5 rings (SSSR count). The summed E-state index contributed by atoms with van der Waals surface area (Å²) in [5.74, 6) is 0.483. The van der Waals surface area contributed by atoms with Crippen LogP contribution < -0.4 is 5.32 Å². The van der Waals surface area contributed by atoms with Crippen molar-refractivity contribution in [3.8, 4) is 0 Å². The molecular formula is C19H22BrClN8O. The highest BCUT2D eigenvalue weighted by Gasteiger charge is 2.46. The standard InChI is InChI=1S/C19H22BrClN8O/c20-14-9-22-10-16-17(14)27-6-2-1-3-13(27)11-28(16)19(30)26-12-7-15(21)18(23-8-12)29-24-4-5-25-29/h4-5,8-10,12-13,16-17H,1-3,6-7,11H2,(H,26,30). The second kappa shape index (κ2) is 8.24. The molecule has 2 amide bonds. The number of amides is 2. The molecule has 4 unspecified atom stereocenters. The van der Waals surface area contributed by atoms with Crippen LogP contribution in [0.1, 0.15) is 25.7 Å². The van der Waals surface area contributed by atoms with Crippen LogP contribution >= 0.6 is 27.5 Å². The minimum absolute atomic E-state index is 0.103. The van der Waals surface area contributed by atoms with Crippen molar-refractivity contribution in [2.75, 3.05) is 13.1 Å². The highest BCUT2D eigenvalue weighted by molar-refractivity contribution is 9.11. The maximum absolute atomic E-state index is 13.3. The first-order chi connectivity index (χ1) is 14.6. The normalized spacial score (nSPS) is 31.3. The molecule has 0 aromatic carbocycles. The van der Waals surface area contributed by atoms with Gasteiger partial charge in [-0.2, -0.15) is 10.2 Å². The van der Waals surface area contributed by atoms with Gasteiger partial charge in [0.25, 0.3) is 0 Å². The summed E-state index contributed by atoms with van der Waals surface area (Å²) in [6.07, 6.45) is 12.5. The van der Waals surface area contributed by atoms with Crippen molar-refractivity contribution in [3.63, 3.8) is 0 Å². The summed E-state index contributed by atoms with van der Waals surface area (Å²) < 4.78 is 1.03. The highest BCUT2D eigenvalue weighted by atomic mass is 79.9. The average molecular weight is 494 g/mol. The number of halogens is 2. The van der Waals surface area contributed by atoms with Crippen molar-refractivity contribution in [2.24, 2.45) is 9.98 Å². The number of hydrogen-bond acceptors (Lipinski definition) is 6. The van der Waals surface area contributed by atoms with Crippen LogP contribution in [0.25, 0.3) is 5.82 Å². The SMILES string of the molecule is O=C(NC1C=NC(n2nccn2)=C(Cl)C1)N1CC2CCCCN2C2C(Br)=CN=CC21. The van der Waals surface area contributed by atoms with E-state index in [2.05, 4.69) is 46.3 Å². The molecule has 30 heavy (non-hydrogen) atoms. The minimum Gasteiger partial charge on any atom is -0.330 e. The van der Waals surface area contributed by atoms with Gasteiger partial charge in [0.15, 0.2) is 5.82 Å². The second-order valence-electron chi connectivity index (χ2n) is 7.87.